The Labute approximate surface area is 132 Å². The zero-order valence-corrected chi connectivity index (χ0v) is 12.9. The second-order valence-corrected chi connectivity index (χ2v) is 4.94. The summed E-state index contributed by atoms with van der Waals surface area (Å²) in [5.74, 6) is 0.388. The third-order valence-electron chi connectivity index (χ3n) is 3.43. The van der Waals surface area contributed by atoms with Crippen LogP contribution in [-0.4, -0.2) is 36.7 Å². The maximum absolute atomic E-state index is 11.3. The average Bonchev–Trinajstić information content (AvgIpc) is 2.94. The molecule has 0 saturated carbocycles. The number of benzene rings is 1. The number of H-pyrrole nitrogens is 1. The Kier molecular flexibility index (Phi) is 5.53. The van der Waals surface area contributed by atoms with E-state index >= 15 is 0 Å². The number of ether oxygens (including phenoxy) is 3. The minimum absolute atomic E-state index is 0.0891. The first kappa shape index (κ1) is 16.8. The molecule has 1 aromatic carbocycles. The van der Waals surface area contributed by atoms with Crippen LogP contribution in [0.1, 0.15) is 25.0 Å². The summed E-state index contributed by atoms with van der Waals surface area (Å²) in [6, 6.07) is 3.08. The summed E-state index contributed by atoms with van der Waals surface area (Å²) in [5.41, 5.74) is 0.932. The highest BCUT2D eigenvalue weighted by Gasteiger charge is 2.21. The van der Waals surface area contributed by atoms with Crippen molar-refractivity contribution in [3.8, 4) is 5.75 Å². The van der Waals surface area contributed by atoms with E-state index < -0.39 is 11.0 Å². The Hall–Kier alpha value is -2.61. The van der Waals surface area contributed by atoms with Gasteiger partial charge in [0.05, 0.1) is 17.6 Å². The summed E-state index contributed by atoms with van der Waals surface area (Å²) in [7, 11) is 1.59. The molecule has 1 unspecified atom stereocenters. The lowest BCUT2D eigenvalue weighted by Gasteiger charge is -2.10. The second kappa shape index (κ2) is 7.59. The molecule has 1 N–H and O–H groups in total. The van der Waals surface area contributed by atoms with E-state index in [1.807, 2.05) is 0 Å². The van der Waals surface area contributed by atoms with Crippen LogP contribution in [0, 0.1) is 10.1 Å². The summed E-state index contributed by atoms with van der Waals surface area (Å²) in [6.07, 6.45) is 1.75. The maximum atomic E-state index is 11.3. The minimum atomic E-state index is -0.524. The second-order valence-electron chi connectivity index (χ2n) is 4.94. The van der Waals surface area contributed by atoms with Crippen molar-refractivity contribution < 1.29 is 23.9 Å². The lowest BCUT2D eigenvalue weighted by Crippen LogP contribution is -2.02. The quantitative estimate of drug-likeness (QED) is 0.329. The number of nitro benzene ring substituents is 1. The van der Waals surface area contributed by atoms with E-state index in [9.17, 15) is 14.9 Å². The Morgan fingerprint density at radius 1 is 1.39 bits per heavy atom. The van der Waals surface area contributed by atoms with Crippen molar-refractivity contribution in [3.05, 3.63) is 34.0 Å². The molecule has 0 bridgehead atoms. The predicted octanol–water partition coefficient (Wildman–Crippen LogP) is 2.73. The fourth-order valence-electron chi connectivity index (χ4n) is 2.32. The van der Waals surface area contributed by atoms with Crippen molar-refractivity contribution in [2.45, 2.75) is 19.4 Å². The van der Waals surface area contributed by atoms with Crippen molar-refractivity contribution in [1.29, 1.82) is 0 Å². The van der Waals surface area contributed by atoms with Crippen LogP contribution in [0.15, 0.2) is 18.3 Å². The number of methoxy groups -OCH3 is 1. The first-order valence-corrected chi connectivity index (χ1v) is 7.08. The van der Waals surface area contributed by atoms with E-state index in [1.165, 1.54) is 6.07 Å². The van der Waals surface area contributed by atoms with E-state index in [2.05, 4.69) is 4.98 Å². The molecule has 0 aliphatic rings. The lowest BCUT2D eigenvalue weighted by molar-refractivity contribution is -0.383. The van der Waals surface area contributed by atoms with Crippen molar-refractivity contribution in [3.63, 3.8) is 0 Å². The lowest BCUT2D eigenvalue weighted by atomic mass is 10.1. The molecule has 8 heteroatoms. The molecule has 124 valence electrons. The number of carbonyl (C=O) groups is 1. The zero-order chi connectivity index (χ0) is 16.8. The fraction of sp³-hybridized carbons (Fsp3) is 0.400. The van der Waals surface area contributed by atoms with Crippen LogP contribution in [-0.2, 0) is 14.3 Å². The van der Waals surface area contributed by atoms with Gasteiger partial charge in [0.2, 0.25) is 0 Å². The molecule has 23 heavy (non-hydrogen) atoms. The number of hydrogen-bond acceptors (Lipinski definition) is 6. The van der Waals surface area contributed by atoms with E-state index in [0.29, 0.717) is 48.3 Å². The van der Waals surface area contributed by atoms with Gasteiger partial charge in [-0.2, -0.15) is 0 Å². The third-order valence-corrected chi connectivity index (χ3v) is 3.43. The van der Waals surface area contributed by atoms with Crippen LogP contribution in [0.2, 0.25) is 0 Å². The number of nitro groups is 1. The predicted molar refractivity (Wildman–Crippen MR) is 82.5 cm³/mol. The van der Waals surface area contributed by atoms with Gasteiger partial charge in [0.15, 0.2) is 0 Å². The van der Waals surface area contributed by atoms with Crippen LogP contribution in [0.4, 0.5) is 5.69 Å². The number of aromatic amines is 1. The normalized spacial score (nSPS) is 12.1. The van der Waals surface area contributed by atoms with Gasteiger partial charge in [0, 0.05) is 37.3 Å². The van der Waals surface area contributed by atoms with Crippen LogP contribution >= 0.6 is 0 Å². The molecule has 0 aliphatic carbocycles. The summed E-state index contributed by atoms with van der Waals surface area (Å²) < 4.78 is 15.4. The molecule has 2 aromatic rings. The number of aromatic nitrogens is 1. The largest absolute Gasteiger partial charge is 0.493 e. The summed E-state index contributed by atoms with van der Waals surface area (Å²) in [5, 5.41) is 11.9. The molecule has 8 nitrogen and oxygen atoms in total. The highest BCUT2D eigenvalue weighted by atomic mass is 16.6. The van der Waals surface area contributed by atoms with Gasteiger partial charge in [-0.15, -0.1) is 0 Å². The Balaban J connectivity index is 2.38. The van der Waals surface area contributed by atoms with Gasteiger partial charge in [-0.05, 0) is 13.0 Å². The number of nitrogens with one attached hydrogen (secondary N) is 1. The zero-order valence-electron chi connectivity index (χ0n) is 12.9. The molecule has 0 fully saturated rings. The monoisotopic (exact) mass is 322 g/mol. The number of non-ortho nitro benzene ring substituents is 1. The first-order valence-electron chi connectivity index (χ1n) is 7.08. The van der Waals surface area contributed by atoms with E-state index in [4.69, 9.17) is 14.2 Å². The fourth-order valence-corrected chi connectivity index (χ4v) is 2.32. The van der Waals surface area contributed by atoms with Gasteiger partial charge in [-0.25, -0.2) is 0 Å². The minimum Gasteiger partial charge on any atom is -0.493 e. The van der Waals surface area contributed by atoms with Gasteiger partial charge >= 0.3 is 0 Å². The SMILES string of the molecule is COCCCOc1cc([N+](=O)[O-])c2[nH]cc(C(C)OC=O)c2c1. The summed E-state index contributed by atoms with van der Waals surface area (Å²) in [4.78, 5) is 24.2. The maximum Gasteiger partial charge on any atom is 0.296 e. The van der Waals surface area contributed by atoms with Crippen molar-refractivity contribution in [2.75, 3.05) is 20.3 Å². The standard InChI is InChI=1S/C15H18N2O6/c1-10(23-9-18)13-8-16-15-12(13)6-11(7-14(15)17(19)20)22-5-3-4-21-2/h6-10,16H,3-5H2,1-2H3. The molecular formula is C15H18N2O6. The molecule has 0 saturated heterocycles. The van der Waals surface area contributed by atoms with Crippen molar-refractivity contribution in [1.82, 2.24) is 4.98 Å². The molecule has 0 spiro atoms. The van der Waals surface area contributed by atoms with Crippen molar-refractivity contribution in [2.24, 2.45) is 0 Å². The Bertz CT molecular complexity index is 697. The molecule has 2 rings (SSSR count). The number of fused-ring (bicyclic) bond motifs is 1. The molecule has 0 aliphatic heterocycles. The smallest absolute Gasteiger partial charge is 0.296 e. The average molecular weight is 322 g/mol. The van der Waals surface area contributed by atoms with Gasteiger partial charge in [-0.1, -0.05) is 0 Å². The third kappa shape index (κ3) is 3.78. The first-order chi connectivity index (χ1) is 11.1. The number of rotatable bonds is 9. The number of hydrogen-bond donors (Lipinski definition) is 1. The van der Waals surface area contributed by atoms with Crippen LogP contribution in [0.5, 0.6) is 5.75 Å². The highest BCUT2D eigenvalue weighted by molar-refractivity contribution is 5.92. The summed E-state index contributed by atoms with van der Waals surface area (Å²) in [6.45, 7) is 2.97. The number of nitrogens with zero attached hydrogens (tertiary/aromatic N) is 1. The van der Waals surface area contributed by atoms with Gasteiger partial charge in [0.1, 0.15) is 17.4 Å². The van der Waals surface area contributed by atoms with Crippen molar-refractivity contribution >= 4 is 23.1 Å². The van der Waals surface area contributed by atoms with Crippen LogP contribution in [0.25, 0.3) is 10.9 Å². The molecular weight excluding hydrogens is 304 g/mol. The van der Waals surface area contributed by atoms with Crippen LogP contribution < -0.4 is 4.74 Å². The highest BCUT2D eigenvalue weighted by Crippen LogP contribution is 2.35. The van der Waals surface area contributed by atoms with E-state index in [1.54, 1.807) is 26.3 Å². The molecule has 0 radical (unpaired) electrons. The van der Waals surface area contributed by atoms with Gasteiger partial charge in [0.25, 0.3) is 12.2 Å². The van der Waals surface area contributed by atoms with Gasteiger partial charge in [-0.3, -0.25) is 14.9 Å². The molecule has 1 heterocycles. The Morgan fingerprint density at radius 2 is 2.17 bits per heavy atom. The Morgan fingerprint density at radius 3 is 2.83 bits per heavy atom. The van der Waals surface area contributed by atoms with Crippen LogP contribution in [0.3, 0.4) is 0 Å². The van der Waals surface area contributed by atoms with E-state index in [-0.39, 0.29) is 5.69 Å². The molecule has 0 amide bonds. The molecule has 1 atom stereocenters. The number of carbonyl (C=O) groups excluding carboxylic acids is 1. The molecule has 1 aromatic heterocycles. The topological polar surface area (TPSA) is 104 Å². The van der Waals surface area contributed by atoms with Gasteiger partial charge < -0.3 is 19.2 Å². The van der Waals surface area contributed by atoms with E-state index in [0.717, 1.165) is 0 Å². The summed E-state index contributed by atoms with van der Waals surface area (Å²) >= 11 is 0.